The van der Waals surface area contributed by atoms with Gasteiger partial charge in [0.1, 0.15) is 0 Å². The van der Waals surface area contributed by atoms with Crippen molar-refractivity contribution in [2.24, 2.45) is 0 Å². The van der Waals surface area contributed by atoms with E-state index in [0.29, 0.717) is 0 Å². The molecule has 0 fully saturated rings. The number of aliphatic hydroxyl groups excluding tert-OH is 1. The monoisotopic (exact) mass is 171 g/mol. The van der Waals surface area contributed by atoms with E-state index in [1.807, 2.05) is 0 Å². The molecule has 0 atom stereocenters. The molecule has 0 rings (SSSR count). The third-order valence-electron chi connectivity index (χ3n) is 0.610. The molecule has 56 valence electrons. The highest BCUT2D eigenvalue weighted by Crippen LogP contribution is 2.01. The largest absolute Gasteiger partial charge is 0.395 e. The first-order valence-electron chi connectivity index (χ1n) is 2.28. The summed E-state index contributed by atoms with van der Waals surface area (Å²) in [5.41, 5.74) is 0. The molecule has 4 nitrogen and oxygen atoms in total. The predicted molar refractivity (Wildman–Crippen MR) is 37.5 cm³/mol. The Morgan fingerprint density at radius 2 is 2.22 bits per heavy atom. The number of hydrogen-bond acceptors (Lipinski definition) is 4. The maximum Gasteiger partial charge on any atom is 0.264 e. The number of hydrogen-bond donors (Lipinski definition) is 2. The van der Waals surface area contributed by atoms with Crippen LogP contribution in [0.4, 0.5) is 0 Å². The zero-order valence-corrected chi connectivity index (χ0v) is 6.63. The van der Waals surface area contributed by atoms with Gasteiger partial charge < -0.3 is 5.11 Å². The normalized spacial score (nSPS) is 11.8. The summed E-state index contributed by atoms with van der Waals surface area (Å²) < 4.78 is 23.1. The average Bonchev–Trinajstić information content (AvgIpc) is 1.84. The molecule has 6 heteroatoms. The van der Waals surface area contributed by atoms with E-state index in [1.165, 1.54) is 6.26 Å². The van der Waals surface area contributed by atoms with Gasteiger partial charge in [-0.15, -0.1) is 0 Å². The van der Waals surface area contributed by atoms with E-state index >= 15 is 0 Å². The molecule has 9 heavy (non-hydrogen) atoms. The molecular formula is C3H9NO3S2. The van der Waals surface area contributed by atoms with Crippen molar-refractivity contribution in [2.45, 2.75) is 0 Å². The lowest BCUT2D eigenvalue weighted by atomic mass is 10.8. The van der Waals surface area contributed by atoms with E-state index in [4.69, 9.17) is 5.11 Å². The Balaban J connectivity index is 3.61. The molecule has 2 N–H and O–H groups in total. The third-order valence-corrected chi connectivity index (χ3v) is 3.28. The minimum absolute atomic E-state index is 0.0865. The van der Waals surface area contributed by atoms with Crippen LogP contribution in [-0.2, 0) is 9.06 Å². The average molecular weight is 171 g/mol. The Bertz CT molecular complexity index is 152. The first-order chi connectivity index (χ1) is 4.12. The van der Waals surface area contributed by atoms with Gasteiger partial charge >= 0.3 is 0 Å². The number of nitrogens with one attached hydrogen (secondary N) is 1. The lowest BCUT2D eigenvalue weighted by molar-refractivity contribution is 0.301. The standard InChI is InChI=1S/C3H9NO3S2/c1-8-9(6,7)4-2-3-5/h4-5H,2-3H2,1H3. The lowest BCUT2D eigenvalue weighted by Gasteiger charge is -1.98. The lowest BCUT2D eigenvalue weighted by Crippen LogP contribution is -2.23. The predicted octanol–water partition coefficient (Wildman–Crippen LogP) is -0.824. The van der Waals surface area contributed by atoms with Crippen molar-refractivity contribution in [1.29, 1.82) is 0 Å². The van der Waals surface area contributed by atoms with E-state index in [9.17, 15) is 8.42 Å². The summed E-state index contributed by atoms with van der Waals surface area (Å²) in [4.78, 5) is 0. The SMILES string of the molecule is CSS(=O)(=O)NCCO. The van der Waals surface area contributed by atoms with Crippen LogP contribution < -0.4 is 4.72 Å². The zero-order valence-electron chi connectivity index (χ0n) is 4.99. The molecule has 0 aliphatic rings. The molecule has 0 spiro atoms. The molecular weight excluding hydrogens is 162 g/mol. The minimum Gasteiger partial charge on any atom is -0.395 e. The van der Waals surface area contributed by atoms with Crippen LogP contribution in [0.15, 0.2) is 0 Å². The summed E-state index contributed by atoms with van der Waals surface area (Å²) in [5.74, 6) is 0. The first kappa shape index (κ1) is 9.22. The zero-order chi connectivity index (χ0) is 7.33. The second-order valence-electron chi connectivity index (χ2n) is 1.24. The molecule has 0 aromatic heterocycles. The van der Waals surface area contributed by atoms with Gasteiger partial charge in [0.25, 0.3) is 9.06 Å². The van der Waals surface area contributed by atoms with Crippen LogP contribution in [0.1, 0.15) is 0 Å². The maximum absolute atomic E-state index is 10.5. The summed E-state index contributed by atoms with van der Waals surface area (Å²) in [6.45, 7) is -0.0804. The van der Waals surface area contributed by atoms with Gasteiger partial charge in [0, 0.05) is 6.54 Å². The molecule has 0 bridgehead atoms. The van der Waals surface area contributed by atoms with E-state index in [1.54, 1.807) is 0 Å². The molecule has 0 amide bonds. The molecule has 0 saturated heterocycles. The Kier molecular flexibility index (Phi) is 4.20. The van der Waals surface area contributed by atoms with Gasteiger partial charge in [-0.3, -0.25) is 0 Å². The van der Waals surface area contributed by atoms with Gasteiger partial charge in [-0.05, 0) is 17.0 Å². The third kappa shape index (κ3) is 4.71. The molecule has 0 heterocycles. The Hall–Kier alpha value is 0.220. The van der Waals surface area contributed by atoms with Crippen molar-refractivity contribution < 1.29 is 13.5 Å². The number of aliphatic hydroxyl groups is 1. The van der Waals surface area contributed by atoms with Crippen LogP contribution in [0, 0.1) is 0 Å². The van der Waals surface area contributed by atoms with Gasteiger partial charge in [0.05, 0.1) is 6.61 Å². The quantitative estimate of drug-likeness (QED) is 0.542. The van der Waals surface area contributed by atoms with Gasteiger partial charge in [0.15, 0.2) is 0 Å². The fourth-order valence-electron chi connectivity index (χ4n) is 0.230. The van der Waals surface area contributed by atoms with Crippen molar-refractivity contribution in [3.05, 3.63) is 0 Å². The smallest absolute Gasteiger partial charge is 0.264 e. The molecule has 0 radical (unpaired) electrons. The maximum atomic E-state index is 10.5. The molecule has 0 saturated carbocycles. The first-order valence-corrected chi connectivity index (χ1v) is 5.51. The summed E-state index contributed by atoms with van der Waals surface area (Å²) in [7, 11) is -2.46. The Morgan fingerprint density at radius 3 is 2.56 bits per heavy atom. The van der Waals surface area contributed by atoms with E-state index in [0.717, 1.165) is 10.8 Å². The van der Waals surface area contributed by atoms with Crippen molar-refractivity contribution in [3.8, 4) is 0 Å². The van der Waals surface area contributed by atoms with Crippen molar-refractivity contribution in [1.82, 2.24) is 4.72 Å². The van der Waals surface area contributed by atoms with E-state index in [-0.39, 0.29) is 13.2 Å². The molecule has 0 unspecified atom stereocenters. The summed E-state index contributed by atoms with van der Waals surface area (Å²) in [6.07, 6.45) is 1.46. The van der Waals surface area contributed by atoms with Crippen LogP contribution >= 0.6 is 10.8 Å². The van der Waals surface area contributed by atoms with Crippen molar-refractivity contribution in [3.63, 3.8) is 0 Å². The minimum atomic E-state index is -3.17. The molecule has 0 aromatic rings. The highest BCUT2D eigenvalue weighted by atomic mass is 33.1. The molecule has 0 aliphatic heterocycles. The van der Waals surface area contributed by atoms with Gasteiger partial charge in [0.2, 0.25) is 0 Å². The van der Waals surface area contributed by atoms with E-state index < -0.39 is 9.06 Å². The van der Waals surface area contributed by atoms with Crippen molar-refractivity contribution >= 4 is 19.8 Å². The number of rotatable bonds is 4. The Labute approximate surface area is 58.1 Å². The van der Waals surface area contributed by atoms with Gasteiger partial charge in [-0.2, -0.15) is 0 Å². The topological polar surface area (TPSA) is 66.4 Å². The molecule has 0 aliphatic carbocycles. The summed E-state index contributed by atoms with van der Waals surface area (Å²) in [5, 5.41) is 8.19. The fraction of sp³-hybridized carbons (Fsp3) is 1.00. The summed E-state index contributed by atoms with van der Waals surface area (Å²) in [6, 6.07) is 0. The van der Waals surface area contributed by atoms with Crippen LogP contribution in [0.5, 0.6) is 0 Å². The second-order valence-corrected chi connectivity index (χ2v) is 5.09. The highest BCUT2D eigenvalue weighted by molar-refractivity contribution is 8.71. The Morgan fingerprint density at radius 1 is 1.67 bits per heavy atom. The van der Waals surface area contributed by atoms with Crippen LogP contribution in [0.2, 0.25) is 0 Å². The highest BCUT2D eigenvalue weighted by Gasteiger charge is 2.03. The van der Waals surface area contributed by atoms with Crippen LogP contribution in [-0.4, -0.2) is 32.9 Å². The van der Waals surface area contributed by atoms with Crippen LogP contribution in [0.25, 0.3) is 0 Å². The van der Waals surface area contributed by atoms with E-state index in [2.05, 4.69) is 4.72 Å². The van der Waals surface area contributed by atoms with Crippen molar-refractivity contribution in [2.75, 3.05) is 19.4 Å². The van der Waals surface area contributed by atoms with Crippen LogP contribution in [0.3, 0.4) is 0 Å². The van der Waals surface area contributed by atoms with Gasteiger partial charge in [-0.1, -0.05) is 0 Å². The van der Waals surface area contributed by atoms with Gasteiger partial charge in [-0.25, -0.2) is 13.1 Å². The second kappa shape index (κ2) is 4.10. The summed E-state index contributed by atoms with van der Waals surface area (Å²) >= 11 is 0. The molecule has 0 aromatic carbocycles. The fourth-order valence-corrected chi connectivity index (χ4v) is 1.29.